The number of halogens is 3. The van der Waals surface area contributed by atoms with Crippen molar-refractivity contribution in [2.45, 2.75) is 6.92 Å². The van der Waals surface area contributed by atoms with Crippen LogP contribution in [0.1, 0.15) is 6.92 Å². The van der Waals surface area contributed by atoms with E-state index in [1.807, 2.05) is 0 Å². The van der Waals surface area contributed by atoms with Crippen molar-refractivity contribution in [3.05, 3.63) is 11.4 Å². The lowest BCUT2D eigenvalue weighted by Gasteiger charge is -1.93. The lowest BCUT2D eigenvalue weighted by atomic mass is 10.4. The molecule has 0 radical (unpaired) electrons. The molecule has 0 amide bonds. The molecule has 0 N–H and O–H groups in total. The Morgan fingerprint density at radius 3 is 2.22 bits per heavy atom. The van der Waals surface area contributed by atoms with Crippen LogP contribution in [0.15, 0.2) is 11.4 Å². The van der Waals surface area contributed by atoms with Gasteiger partial charge >= 0.3 is 0 Å². The molecule has 0 bridgehead atoms. The smallest absolute Gasteiger partial charge is 0.274 e. The van der Waals surface area contributed by atoms with Crippen LogP contribution in [0.2, 0.25) is 0 Å². The Balaban J connectivity index is 4.13. The minimum Gasteiger partial charge on any atom is -0.285 e. The Kier molecular flexibility index (Phi) is 4.24. The first-order chi connectivity index (χ1) is 3.95. The van der Waals surface area contributed by atoms with Gasteiger partial charge in [-0.05, 0) is 29.4 Å². The lowest BCUT2D eigenvalue weighted by Crippen LogP contribution is -1.72. The van der Waals surface area contributed by atoms with Crippen molar-refractivity contribution >= 4 is 39.9 Å². The second-order valence-electron chi connectivity index (χ2n) is 1.61. The molecule has 0 heterocycles. The summed E-state index contributed by atoms with van der Waals surface area (Å²) in [6.45, 7) is 1.71. The van der Waals surface area contributed by atoms with Gasteiger partial charge in [-0.15, -0.1) is 11.6 Å². The number of hydrogen-bond acceptors (Lipinski definition) is 1. The molecule has 0 aliphatic heterocycles. The normalized spacial score (nSPS) is 14.0. The van der Waals surface area contributed by atoms with Gasteiger partial charge in [-0.2, -0.15) is 0 Å². The van der Waals surface area contributed by atoms with Crippen LogP contribution >= 0.6 is 39.9 Å². The summed E-state index contributed by atoms with van der Waals surface area (Å²) in [6, 6.07) is 0. The van der Waals surface area contributed by atoms with E-state index in [1.165, 1.54) is 5.82 Å². The zero-order valence-corrected chi connectivity index (χ0v) is 7.94. The predicted molar refractivity (Wildman–Crippen MR) is 43.8 cm³/mol. The van der Waals surface area contributed by atoms with E-state index in [0.717, 1.165) is 5.57 Å². The van der Waals surface area contributed by atoms with Gasteiger partial charge in [0.05, 0.1) is 0 Å². The predicted octanol–water partition coefficient (Wildman–Crippen LogP) is 3.80. The topological polar surface area (TPSA) is 17.1 Å². The van der Waals surface area contributed by atoms with E-state index in [9.17, 15) is 4.57 Å². The summed E-state index contributed by atoms with van der Waals surface area (Å²) in [5.41, 5.74) is 0.727. The standard InChI is InChI=1S/C4H6Cl3OP/c1-4(2-5)3-9(6,7)8/h3H,2H2,1H3/b4-3-. The zero-order chi connectivity index (χ0) is 7.49. The molecule has 0 spiro atoms. The lowest BCUT2D eigenvalue weighted by molar-refractivity contribution is 0.597. The maximum absolute atomic E-state index is 10.6. The summed E-state index contributed by atoms with van der Waals surface area (Å²) in [5, 5.41) is 0. The van der Waals surface area contributed by atoms with Crippen LogP contribution in [-0.4, -0.2) is 5.88 Å². The van der Waals surface area contributed by atoms with Crippen molar-refractivity contribution in [1.29, 1.82) is 0 Å². The molecule has 0 aromatic rings. The molecule has 0 saturated carbocycles. The van der Waals surface area contributed by atoms with Gasteiger partial charge in [0.25, 0.3) is 5.85 Å². The van der Waals surface area contributed by atoms with Crippen molar-refractivity contribution in [1.82, 2.24) is 0 Å². The van der Waals surface area contributed by atoms with E-state index < -0.39 is 5.85 Å². The molecular formula is C4H6Cl3OP. The monoisotopic (exact) mass is 206 g/mol. The van der Waals surface area contributed by atoms with E-state index in [0.29, 0.717) is 5.88 Å². The SMILES string of the molecule is C/C(=C/P(=O)(Cl)Cl)CCl. The van der Waals surface area contributed by atoms with Crippen molar-refractivity contribution in [2.75, 3.05) is 5.88 Å². The van der Waals surface area contributed by atoms with Crippen LogP contribution in [0.25, 0.3) is 0 Å². The van der Waals surface area contributed by atoms with Gasteiger partial charge in [-0.25, -0.2) is 0 Å². The second-order valence-corrected chi connectivity index (χ2v) is 6.67. The molecule has 0 atom stereocenters. The maximum atomic E-state index is 10.6. The molecule has 0 aliphatic rings. The van der Waals surface area contributed by atoms with Crippen molar-refractivity contribution in [3.63, 3.8) is 0 Å². The molecule has 1 nitrogen and oxygen atoms in total. The largest absolute Gasteiger partial charge is 0.285 e. The Morgan fingerprint density at radius 2 is 2.11 bits per heavy atom. The first-order valence-electron chi connectivity index (χ1n) is 2.19. The van der Waals surface area contributed by atoms with E-state index >= 15 is 0 Å². The average molecular weight is 207 g/mol. The van der Waals surface area contributed by atoms with Gasteiger partial charge in [0.2, 0.25) is 0 Å². The molecule has 0 saturated heterocycles. The van der Waals surface area contributed by atoms with Crippen molar-refractivity contribution < 1.29 is 4.57 Å². The molecule has 0 rings (SSSR count). The van der Waals surface area contributed by atoms with E-state index in [2.05, 4.69) is 0 Å². The molecular weight excluding hydrogens is 201 g/mol. The molecule has 0 unspecified atom stereocenters. The molecule has 9 heavy (non-hydrogen) atoms. The molecule has 0 fully saturated rings. The van der Waals surface area contributed by atoms with Crippen LogP contribution in [0.5, 0.6) is 0 Å². The zero-order valence-electron chi connectivity index (χ0n) is 4.77. The van der Waals surface area contributed by atoms with Crippen molar-refractivity contribution in [3.8, 4) is 0 Å². The molecule has 0 aliphatic carbocycles. The fraction of sp³-hybridized carbons (Fsp3) is 0.500. The van der Waals surface area contributed by atoms with Crippen LogP contribution in [-0.2, 0) is 4.57 Å². The van der Waals surface area contributed by atoms with E-state index in [1.54, 1.807) is 6.92 Å². The molecule has 5 heteroatoms. The molecule has 0 aromatic heterocycles. The van der Waals surface area contributed by atoms with Gasteiger partial charge in [0.1, 0.15) is 0 Å². The number of rotatable bonds is 2. The van der Waals surface area contributed by atoms with Crippen LogP contribution in [0, 0.1) is 0 Å². The highest BCUT2D eigenvalue weighted by Gasteiger charge is 2.08. The van der Waals surface area contributed by atoms with Crippen LogP contribution in [0.4, 0.5) is 0 Å². The fourth-order valence-corrected chi connectivity index (χ4v) is 2.08. The van der Waals surface area contributed by atoms with E-state index in [-0.39, 0.29) is 0 Å². The fourth-order valence-electron chi connectivity index (χ4n) is 0.291. The Hall–Kier alpha value is 0.840. The summed E-state index contributed by atoms with van der Waals surface area (Å²) in [4.78, 5) is 0. The van der Waals surface area contributed by atoms with Crippen LogP contribution < -0.4 is 0 Å². The van der Waals surface area contributed by atoms with Gasteiger partial charge in [-0.3, -0.25) is 4.57 Å². The van der Waals surface area contributed by atoms with E-state index in [4.69, 9.17) is 34.1 Å². The van der Waals surface area contributed by atoms with Gasteiger partial charge in [-0.1, -0.05) is 5.57 Å². The quantitative estimate of drug-likeness (QED) is 0.497. The molecule has 0 aromatic carbocycles. The minimum absolute atomic E-state index is 0.309. The number of alkyl halides is 1. The summed E-state index contributed by atoms with van der Waals surface area (Å²) in [7, 11) is 0. The summed E-state index contributed by atoms with van der Waals surface area (Å²) >= 11 is 15.7. The number of allylic oxidation sites excluding steroid dienone is 1. The maximum Gasteiger partial charge on any atom is 0.274 e. The van der Waals surface area contributed by atoms with Gasteiger partial charge < -0.3 is 0 Å². The number of hydrogen-bond donors (Lipinski definition) is 0. The minimum atomic E-state index is -3.04. The van der Waals surface area contributed by atoms with Crippen LogP contribution in [0.3, 0.4) is 0 Å². The summed E-state index contributed by atoms with van der Waals surface area (Å²) in [5.74, 6) is -1.45. The highest BCUT2D eigenvalue weighted by atomic mass is 35.9. The summed E-state index contributed by atoms with van der Waals surface area (Å²) in [6.07, 6.45) is 0. The Labute approximate surface area is 68.9 Å². The van der Waals surface area contributed by atoms with Crippen molar-refractivity contribution in [2.24, 2.45) is 0 Å². The average Bonchev–Trinajstić information content (AvgIpc) is 1.62. The Bertz CT molecular complexity index is 159. The molecule has 54 valence electrons. The third-order valence-electron chi connectivity index (χ3n) is 0.581. The third kappa shape index (κ3) is 6.73. The Morgan fingerprint density at radius 1 is 1.67 bits per heavy atom. The highest BCUT2D eigenvalue weighted by molar-refractivity contribution is 8.10. The first-order valence-corrected chi connectivity index (χ1v) is 6.31. The summed E-state index contributed by atoms with van der Waals surface area (Å²) < 4.78 is 10.6. The first kappa shape index (κ1) is 9.84. The van der Waals surface area contributed by atoms with Gasteiger partial charge in [0.15, 0.2) is 0 Å². The second kappa shape index (κ2) is 3.88. The third-order valence-corrected chi connectivity index (χ3v) is 2.33. The van der Waals surface area contributed by atoms with Gasteiger partial charge in [0, 0.05) is 11.7 Å². The highest BCUT2D eigenvalue weighted by Crippen LogP contribution is 2.58.